The van der Waals surface area contributed by atoms with Crippen LogP contribution in [0.3, 0.4) is 0 Å². The third-order valence-electron chi connectivity index (χ3n) is 3.68. The molecule has 2 aromatic carbocycles. The van der Waals surface area contributed by atoms with Crippen LogP contribution in [0, 0.1) is 25.2 Å². The third kappa shape index (κ3) is 4.39. The zero-order chi connectivity index (χ0) is 18.4. The fourth-order valence-corrected chi connectivity index (χ4v) is 2.40. The Morgan fingerprint density at radius 3 is 2.56 bits per heavy atom. The van der Waals surface area contributed by atoms with Gasteiger partial charge in [0.05, 0.1) is 6.61 Å². The third-order valence-corrected chi connectivity index (χ3v) is 3.68. The van der Waals surface area contributed by atoms with Gasteiger partial charge in [-0.25, -0.2) is 0 Å². The molecule has 2 N–H and O–H groups in total. The summed E-state index contributed by atoms with van der Waals surface area (Å²) < 4.78 is 5.32. The summed E-state index contributed by atoms with van der Waals surface area (Å²) in [4.78, 5) is 12.4. The Kier molecular flexibility index (Phi) is 5.80. The van der Waals surface area contributed by atoms with E-state index >= 15 is 0 Å². The highest BCUT2D eigenvalue weighted by Crippen LogP contribution is 2.28. The van der Waals surface area contributed by atoms with Gasteiger partial charge in [0.2, 0.25) is 0 Å². The molecule has 0 aliphatic carbocycles. The molecule has 25 heavy (non-hydrogen) atoms. The number of nitrogens with zero attached hydrogens (tertiary/aromatic N) is 1. The molecule has 2 aromatic rings. The molecular formula is C20H20N2O3. The summed E-state index contributed by atoms with van der Waals surface area (Å²) in [7, 11) is 0. The Labute approximate surface area is 147 Å². The number of aromatic hydroxyl groups is 1. The van der Waals surface area contributed by atoms with Gasteiger partial charge in [0.15, 0.2) is 11.5 Å². The molecule has 0 aromatic heterocycles. The predicted octanol–water partition coefficient (Wildman–Crippen LogP) is 3.95. The van der Waals surface area contributed by atoms with Gasteiger partial charge in [-0.05, 0) is 55.7 Å². The van der Waals surface area contributed by atoms with Crippen molar-refractivity contribution in [3.05, 3.63) is 58.7 Å². The second-order valence-electron chi connectivity index (χ2n) is 5.55. The number of carbonyl (C=O) groups excluding carboxylic acids is 1. The first-order valence-corrected chi connectivity index (χ1v) is 7.91. The monoisotopic (exact) mass is 336 g/mol. The van der Waals surface area contributed by atoms with Crippen molar-refractivity contribution in [2.24, 2.45) is 0 Å². The molecule has 0 spiro atoms. The van der Waals surface area contributed by atoms with Gasteiger partial charge in [-0.2, -0.15) is 5.26 Å². The zero-order valence-corrected chi connectivity index (χ0v) is 14.5. The van der Waals surface area contributed by atoms with E-state index in [1.807, 2.05) is 38.1 Å². The van der Waals surface area contributed by atoms with Gasteiger partial charge in [-0.15, -0.1) is 0 Å². The maximum absolute atomic E-state index is 12.4. The highest BCUT2D eigenvalue weighted by atomic mass is 16.5. The average molecular weight is 336 g/mol. The van der Waals surface area contributed by atoms with E-state index in [1.165, 1.54) is 12.1 Å². The van der Waals surface area contributed by atoms with Crippen LogP contribution in [0.4, 0.5) is 5.69 Å². The molecule has 0 heterocycles. The van der Waals surface area contributed by atoms with Crippen LogP contribution in [0.15, 0.2) is 42.0 Å². The number of para-hydroxylation sites is 1. The van der Waals surface area contributed by atoms with Crippen molar-refractivity contribution in [2.75, 3.05) is 11.9 Å². The maximum atomic E-state index is 12.4. The molecule has 1 amide bonds. The molecule has 0 unspecified atom stereocenters. The minimum Gasteiger partial charge on any atom is -0.504 e. The lowest BCUT2D eigenvalue weighted by Crippen LogP contribution is -2.15. The summed E-state index contributed by atoms with van der Waals surface area (Å²) in [5.41, 5.74) is 3.11. The van der Waals surface area contributed by atoms with Crippen LogP contribution in [-0.4, -0.2) is 17.6 Å². The van der Waals surface area contributed by atoms with Crippen LogP contribution < -0.4 is 10.1 Å². The van der Waals surface area contributed by atoms with Gasteiger partial charge in [0.1, 0.15) is 11.6 Å². The first-order valence-electron chi connectivity index (χ1n) is 7.91. The molecular weight excluding hydrogens is 316 g/mol. The van der Waals surface area contributed by atoms with E-state index in [0.29, 0.717) is 23.6 Å². The highest BCUT2D eigenvalue weighted by molar-refractivity contribution is 6.10. The smallest absolute Gasteiger partial charge is 0.266 e. The van der Waals surface area contributed by atoms with Crippen LogP contribution in [-0.2, 0) is 4.79 Å². The first kappa shape index (κ1) is 18.1. The number of ether oxygens (including phenoxy) is 1. The summed E-state index contributed by atoms with van der Waals surface area (Å²) in [6, 6.07) is 12.3. The number of hydrogen-bond acceptors (Lipinski definition) is 4. The quantitative estimate of drug-likeness (QED) is 0.640. The van der Waals surface area contributed by atoms with Crippen molar-refractivity contribution < 1.29 is 14.6 Å². The van der Waals surface area contributed by atoms with E-state index in [2.05, 4.69) is 5.32 Å². The molecule has 0 bridgehead atoms. The Morgan fingerprint density at radius 1 is 1.28 bits per heavy atom. The van der Waals surface area contributed by atoms with Crippen molar-refractivity contribution >= 4 is 17.7 Å². The van der Waals surface area contributed by atoms with E-state index in [1.54, 1.807) is 19.1 Å². The largest absolute Gasteiger partial charge is 0.504 e. The van der Waals surface area contributed by atoms with E-state index in [4.69, 9.17) is 4.74 Å². The molecule has 0 radical (unpaired) electrons. The highest BCUT2D eigenvalue weighted by Gasteiger charge is 2.13. The summed E-state index contributed by atoms with van der Waals surface area (Å²) >= 11 is 0. The number of nitrogens with one attached hydrogen (secondary N) is 1. The molecule has 128 valence electrons. The summed E-state index contributed by atoms with van der Waals surface area (Å²) in [6.07, 6.45) is 1.46. The molecule has 0 saturated carbocycles. The summed E-state index contributed by atoms with van der Waals surface area (Å²) in [6.45, 7) is 6.00. The average Bonchev–Trinajstić information content (AvgIpc) is 2.59. The summed E-state index contributed by atoms with van der Waals surface area (Å²) in [5, 5.41) is 21.9. The standard InChI is InChI=1S/C20H20N2O3/c1-4-25-18-11-15(8-9-17(18)23)10-16(12-21)20(24)22-19-13(2)6-5-7-14(19)3/h5-11,23H,4H2,1-3H3,(H,22,24)/b16-10-. The molecule has 2 rings (SSSR count). The second-order valence-corrected chi connectivity index (χ2v) is 5.55. The molecule has 0 atom stereocenters. The van der Waals surface area contributed by atoms with Crippen LogP contribution in [0.1, 0.15) is 23.6 Å². The maximum Gasteiger partial charge on any atom is 0.266 e. The van der Waals surface area contributed by atoms with E-state index in [0.717, 1.165) is 11.1 Å². The number of phenolic OH excluding ortho intramolecular Hbond substituents is 1. The number of amides is 1. The molecule has 0 saturated heterocycles. The number of hydrogen-bond donors (Lipinski definition) is 2. The van der Waals surface area contributed by atoms with Crippen LogP contribution >= 0.6 is 0 Å². The number of nitriles is 1. The Balaban J connectivity index is 2.30. The van der Waals surface area contributed by atoms with E-state index < -0.39 is 5.91 Å². The molecule has 0 aliphatic rings. The van der Waals surface area contributed by atoms with Gasteiger partial charge in [0, 0.05) is 5.69 Å². The van der Waals surface area contributed by atoms with Crippen LogP contribution in [0.5, 0.6) is 11.5 Å². The van der Waals surface area contributed by atoms with Crippen molar-refractivity contribution in [1.29, 1.82) is 5.26 Å². The normalized spacial score (nSPS) is 10.9. The number of carbonyl (C=O) groups is 1. The second kappa shape index (κ2) is 8.02. The van der Waals surface area contributed by atoms with Gasteiger partial charge >= 0.3 is 0 Å². The van der Waals surface area contributed by atoms with Crippen molar-refractivity contribution in [3.8, 4) is 17.6 Å². The molecule has 5 heteroatoms. The van der Waals surface area contributed by atoms with Gasteiger partial charge in [-0.3, -0.25) is 4.79 Å². The van der Waals surface area contributed by atoms with Crippen molar-refractivity contribution in [1.82, 2.24) is 0 Å². The summed E-state index contributed by atoms with van der Waals surface area (Å²) in [5.74, 6) is -0.160. The number of anilines is 1. The van der Waals surface area contributed by atoms with Crippen molar-refractivity contribution in [2.45, 2.75) is 20.8 Å². The van der Waals surface area contributed by atoms with Gasteiger partial charge < -0.3 is 15.2 Å². The minimum absolute atomic E-state index is 0.0116. The van der Waals surface area contributed by atoms with Gasteiger partial charge in [0.25, 0.3) is 5.91 Å². The minimum atomic E-state index is -0.481. The number of phenols is 1. The molecule has 0 aliphatic heterocycles. The van der Waals surface area contributed by atoms with Crippen LogP contribution in [0.2, 0.25) is 0 Å². The van der Waals surface area contributed by atoms with Crippen molar-refractivity contribution in [3.63, 3.8) is 0 Å². The first-order chi connectivity index (χ1) is 12.0. The topological polar surface area (TPSA) is 82.3 Å². The number of rotatable bonds is 5. The molecule has 5 nitrogen and oxygen atoms in total. The number of aryl methyl sites for hydroxylation is 2. The molecule has 0 fully saturated rings. The van der Waals surface area contributed by atoms with E-state index in [9.17, 15) is 15.2 Å². The fourth-order valence-electron chi connectivity index (χ4n) is 2.40. The lowest BCUT2D eigenvalue weighted by atomic mass is 10.1. The van der Waals surface area contributed by atoms with Crippen LogP contribution in [0.25, 0.3) is 6.08 Å². The lowest BCUT2D eigenvalue weighted by molar-refractivity contribution is -0.112. The Morgan fingerprint density at radius 2 is 1.96 bits per heavy atom. The zero-order valence-electron chi connectivity index (χ0n) is 14.5. The SMILES string of the molecule is CCOc1cc(/C=C(/C#N)C(=O)Nc2c(C)cccc2C)ccc1O. The lowest BCUT2D eigenvalue weighted by Gasteiger charge is -2.11. The number of benzene rings is 2. The van der Waals surface area contributed by atoms with E-state index in [-0.39, 0.29) is 11.3 Å². The Bertz CT molecular complexity index is 843. The predicted molar refractivity (Wildman–Crippen MR) is 97.4 cm³/mol. The fraction of sp³-hybridized carbons (Fsp3) is 0.200. The van der Waals surface area contributed by atoms with Gasteiger partial charge in [-0.1, -0.05) is 24.3 Å². The Hall–Kier alpha value is -3.26.